The summed E-state index contributed by atoms with van der Waals surface area (Å²) in [6.07, 6.45) is 2.02. The Labute approximate surface area is 170 Å². The minimum absolute atomic E-state index is 0.0728. The molecule has 3 rings (SSSR count). The van der Waals surface area contributed by atoms with E-state index >= 15 is 0 Å². The van der Waals surface area contributed by atoms with Gasteiger partial charge in [-0.2, -0.15) is 0 Å². The van der Waals surface area contributed by atoms with Gasteiger partial charge in [-0.3, -0.25) is 20.2 Å². The number of nitrogens with one attached hydrogen (secondary N) is 2. The lowest BCUT2D eigenvalue weighted by molar-refractivity contribution is -0.384. The maximum Gasteiger partial charge on any atom is 0.293 e. The minimum Gasteiger partial charge on any atom is -0.366 e. The Morgan fingerprint density at radius 1 is 1.15 bits per heavy atom. The van der Waals surface area contributed by atoms with Crippen LogP contribution in [0.4, 0.5) is 17.1 Å². The molecule has 1 aliphatic heterocycles. The Morgan fingerprint density at radius 2 is 1.81 bits per heavy atom. The van der Waals surface area contributed by atoms with E-state index in [1.54, 1.807) is 24.3 Å². The van der Waals surface area contributed by atoms with Crippen molar-refractivity contribution in [1.29, 1.82) is 0 Å². The van der Waals surface area contributed by atoms with E-state index in [4.69, 9.17) is 12.2 Å². The summed E-state index contributed by atoms with van der Waals surface area (Å²) in [6, 6.07) is 11.8. The zero-order chi connectivity index (χ0) is 19.4. The third kappa shape index (κ3) is 4.81. The van der Waals surface area contributed by atoms with Gasteiger partial charge in [0.05, 0.1) is 4.92 Å². The summed E-state index contributed by atoms with van der Waals surface area (Å²) in [7, 11) is 0. The first kappa shape index (κ1) is 19.2. The Balaban J connectivity index is 1.72. The van der Waals surface area contributed by atoms with Gasteiger partial charge in [-0.1, -0.05) is 15.9 Å². The van der Waals surface area contributed by atoms with Crippen molar-refractivity contribution in [3.8, 4) is 0 Å². The molecule has 2 aromatic rings. The van der Waals surface area contributed by atoms with Crippen molar-refractivity contribution < 1.29 is 9.72 Å². The highest BCUT2D eigenvalue weighted by atomic mass is 79.9. The van der Waals surface area contributed by atoms with Crippen molar-refractivity contribution in [2.45, 2.75) is 12.8 Å². The fourth-order valence-electron chi connectivity index (χ4n) is 2.91. The molecular formula is C18H17BrN4O3S. The number of hydrogen-bond acceptors (Lipinski definition) is 5. The van der Waals surface area contributed by atoms with Crippen LogP contribution >= 0.6 is 28.1 Å². The third-order valence-corrected chi connectivity index (χ3v) is 4.94. The van der Waals surface area contributed by atoms with E-state index in [2.05, 4.69) is 26.6 Å². The van der Waals surface area contributed by atoms with Gasteiger partial charge in [0, 0.05) is 34.9 Å². The molecule has 0 aliphatic carbocycles. The largest absolute Gasteiger partial charge is 0.366 e. The standard InChI is InChI=1S/C18H17BrN4O3S/c19-13-4-6-14(7-5-13)20-18(27)21-17(24)12-3-8-15(16(11-12)23(25)26)22-9-1-2-10-22/h3-8,11H,1-2,9-10H2,(H2,20,21,24,27). The van der Waals surface area contributed by atoms with Gasteiger partial charge in [0.1, 0.15) is 5.69 Å². The van der Waals surface area contributed by atoms with E-state index in [0.29, 0.717) is 5.69 Å². The van der Waals surface area contributed by atoms with Crippen molar-refractivity contribution in [3.63, 3.8) is 0 Å². The second kappa shape index (κ2) is 8.45. The Morgan fingerprint density at radius 3 is 2.44 bits per heavy atom. The minimum atomic E-state index is -0.499. The van der Waals surface area contributed by atoms with Gasteiger partial charge < -0.3 is 10.2 Å². The number of carbonyl (C=O) groups excluding carboxylic acids is 1. The summed E-state index contributed by atoms with van der Waals surface area (Å²) in [4.78, 5) is 25.4. The maximum atomic E-state index is 12.4. The zero-order valence-corrected chi connectivity index (χ0v) is 16.7. The van der Waals surface area contributed by atoms with Gasteiger partial charge in [-0.25, -0.2) is 0 Å². The van der Waals surface area contributed by atoms with Crippen LogP contribution in [0.2, 0.25) is 0 Å². The third-order valence-electron chi connectivity index (χ3n) is 4.21. The first-order valence-electron chi connectivity index (χ1n) is 8.35. The lowest BCUT2D eigenvalue weighted by Crippen LogP contribution is -2.34. The summed E-state index contributed by atoms with van der Waals surface area (Å²) in [5.41, 5.74) is 1.38. The van der Waals surface area contributed by atoms with E-state index in [0.717, 1.165) is 36.1 Å². The van der Waals surface area contributed by atoms with Gasteiger partial charge in [0.25, 0.3) is 11.6 Å². The van der Waals surface area contributed by atoms with Crippen LogP contribution in [0.5, 0.6) is 0 Å². The van der Waals surface area contributed by atoms with Crippen LogP contribution in [0.25, 0.3) is 0 Å². The molecule has 1 saturated heterocycles. The molecule has 27 heavy (non-hydrogen) atoms. The van der Waals surface area contributed by atoms with E-state index in [1.165, 1.54) is 6.07 Å². The van der Waals surface area contributed by atoms with Crippen molar-refractivity contribution in [3.05, 3.63) is 62.6 Å². The number of benzene rings is 2. The van der Waals surface area contributed by atoms with Crippen molar-refractivity contribution in [1.82, 2.24) is 5.32 Å². The monoisotopic (exact) mass is 448 g/mol. The first-order valence-corrected chi connectivity index (χ1v) is 9.55. The van der Waals surface area contributed by atoms with Crippen LogP contribution in [0.3, 0.4) is 0 Å². The van der Waals surface area contributed by atoms with Gasteiger partial charge in [-0.15, -0.1) is 0 Å². The van der Waals surface area contributed by atoms with Crippen LogP contribution in [0.15, 0.2) is 46.9 Å². The van der Waals surface area contributed by atoms with Crippen molar-refractivity contribution >= 4 is 56.2 Å². The van der Waals surface area contributed by atoms with E-state index in [9.17, 15) is 14.9 Å². The lowest BCUT2D eigenvalue weighted by atomic mass is 10.1. The summed E-state index contributed by atoms with van der Waals surface area (Å²) < 4.78 is 0.924. The average molecular weight is 449 g/mol. The van der Waals surface area contributed by atoms with Crippen LogP contribution in [-0.4, -0.2) is 29.0 Å². The van der Waals surface area contributed by atoms with E-state index in [1.807, 2.05) is 17.0 Å². The fourth-order valence-corrected chi connectivity index (χ4v) is 3.38. The summed E-state index contributed by atoms with van der Waals surface area (Å²) in [5, 5.41) is 17.0. The van der Waals surface area contributed by atoms with Crippen LogP contribution < -0.4 is 15.5 Å². The number of rotatable bonds is 4. The molecule has 1 heterocycles. The van der Waals surface area contributed by atoms with Crippen molar-refractivity contribution in [2.75, 3.05) is 23.3 Å². The van der Waals surface area contributed by atoms with Gasteiger partial charge in [0.15, 0.2) is 5.11 Å². The second-order valence-corrected chi connectivity index (χ2v) is 7.39. The number of anilines is 2. The molecule has 1 aliphatic rings. The quantitative estimate of drug-likeness (QED) is 0.416. The molecule has 0 bridgehead atoms. The number of nitro benzene ring substituents is 1. The zero-order valence-electron chi connectivity index (χ0n) is 14.3. The number of halogens is 1. The molecule has 0 spiro atoms. The molecule has 2 aromatic carbocycles. The van der Waals surface area contributed by atoms with Gasteiger partial charge >= 0.3 is 0 Å². The highest BCUT2D eigenvalue weighted by Crippen LogP contribution is 2.31. The molecule has 1 fully saturated rings. The Bertz CT molecular complexity index is 883. The summed E-state index contributed by atoms with van der Waals surface area (Å²) in [6.45, 7) is 1.57. The molecule has 0 atom stereocenters. The molecule has 0 unspecified atom stereocenters. The molecule has 1 amide bonds. The molecule has 0 saturated carbocycles. The lowest BCUT2D eigenvalue weighted by Gasteiger charge is -2.18. The first-order chi connectivity index (χ1) is 12.9. The molecule has 0 radical (unpaired) electrons. The van der Waals surface area contributed by atoms with Crippen LogP contribution in [0, 0.1) is 10.1 Å². The van der Waals surface area contributed by atoms with Crippen molar-refractivity contribution in [2.24, 2.45) is 0 Å². The number of amides is 1. The molecule has 140 valence electrons. The SMILES string of the molecule is O=C(NC(=S)Nc1ccc(Br)cc1)c1ccc(N2CCCC2)c([N+](=O)[O-])c1. The van der Waals surface area contributed by atoms with Crippen LogP contribution in [0.1, 0.15) is 23.2 Å². The number of nitrogens with zero attached hydrogens (tertiary/aromatic N) is 2. The number of hydrogen-bond donors (Lipinski definition) is 2. The molecular weight excluding hydrogens is 432 g/mol. The van der Waals surface area contributed by atoms with Gasteiger partial charge in [-0.05, 0) is 61.5 Å². The predicted molar refractivity (Wildman–Crippen MR) is 112 cm³/mol. The number of nitro groups is 1. The van der Waals surface area contributed by atoms with E-state index < -0.39 is 10.8 Å². The van der Waals surface area contributed by atoms with Crippen LogP contribution in [-0.2, 0) is 0 Å². The summed E-state index contributed by atoms with van der Waals surface area (Å²) >= 11 is 8.49. The molecule has 9 heteroatoms. The number of carbonyl (C=O) groups is 1. The molecule has 7 nitrogen and oxygen atoms in total. The Hall–Kier alpha value is -2.52. The highest BCUT2D eigenvalue weighted by Gasteiger charge is 2.24. The van der Waals surface area contributed by atoms with Gasteiger partial charge in [0.2, 0.25) is 0 Å². The average Bonchev–Trinajstić information content (AvgIpc) is 3.17. The number of thiocarbonyl (C=S) groups is 1. The Kier molecular flexibility index (Phi) is 6.02. The smallest absolute Gasteiger partial charge is 0.293 e. The maximum absolute atomic E-state index is 12.4. The molecule has 2 N–H and O–H groups in total. The summed E-state index contributed by atoms with van der Waals surface area (Å²) in [5.74, 6) is -0.499. The normalized spacial score (nSPS) is 13.3. The molecule has 0 aromatic heterocycles. The highest BCUT2D eigenvalue weighted by molar-refractivity contribution is 9.10. The van der Waals surface area contributed by atoms with E-state index in [-0.39, 0.29) is 16.4 Å². The fraction of sp³-hybridized carbons (Fsp3) is 0.222. The topological polar surface area (TPSA) is 87.5 Å². The second-order valence-electron chi connectivity index (χ2n) is 6.07. The predicted octanol–water partition coefficient (Wildman–Crippen LogP) is 4.08.